The SMILES string of the molecule is [3H]C([3H])([3H])COC(=O)CCCCCCN1C(=O)CC[C@@H]1/C=C/[C@@H](OC(=O)NCCCC(O)(P(=O)(O)O)P(=O)(O)O)C(F)(F)c1ccccc1. The maximum Gasteiger partial charge on any atom is 0.407 e. The highest BCUT2D eigenvalue weighted by Gasteiger charge is 2.58. The molecule has 0 radical (unpaired) electrons. The Bertz CT molecular complexity index is 1370. The Morgan fingerprint density at radius 3 is 2.39 bits per heavy atom. The smallest absolute Gasteiger partial charge is 0.407 e. The molecule has 2 rings (SSSR count). The number of likely N-dealkylation sites (tertiary alicyclic amines) is 1. The average Bonchev–Trinajstić information content (AvgIpc) is 3.35. The van der Waals surface area contributed by atoms with Crippen LogP contribution in [0.4, 0.5) is 13.6 Å². The first kappa shape index (κ1) is 34.6. The fourth-order valence-corrected chi connectivity index (χ4v) is 6.98. The quantitative estimate of drug-likeness (QED) is 0.0525. The van der Waals surface area contributed by atoms with Crippen molar-refractivity contribution in [3.05, 3.63) is 48.0 Å². The molecule has 0 aromatic heterocycles. The number of alkyl carbamates (subject to hydrolysis) is 1. The Labute approximate surface area is 269 Å². The maximum atomic E-state index is 15.6. The highest BCUT2D eigenvalue weighted by Crippen LogP contribution is 2.69. The van der Waals surface area contributed by atoms with Crippen LogP contribution in [0.1, 0.15) is 74.3 Å². The van der Waals surface area contributed by atoms with E-state index in [4.69, 9.17) is 13.6 Å². The Morgan fingerprint density at radius 2 is 1.76 bits per heavy atom. The van der Waals surface area contributed by atoms with E-state index >= 15 is 8.78 Å². The van der Waals surface area contributed by atoms with Gasteiger partial charge in [0.05, 0.1) is 12.6 Å². The summed E-state index contributed by atoms with van der Waals surface area (Å²) in [7, 11) is -11.5. The van der Waals surface area contributed by atoms with Crippen molar-refractivity contribution >= 4 is 33.2 Å². The lowest BCUT2D eigenvalue weighted by Gasteiger charge is -2.29. The monoisotopic (exact) mass is 704 g/mol. The number of benzene rings is 1. The molecule has 46 heavy (non-hydrogen) atoms. The zero-order valence-corrected chi connectivity index (χ0v) is 26.7. The first-order valence-corrected chi connectivity index (χ1v) is 17.7. The third-order valence-corrected chi connectivity index (χ3v) is 11.2. The zero-order valence-electron chi connectivity index (χ0n) is 27.9. The Morgan fingerprint density at radius 1 is 1.11 bits per heavy atom. The van der Waals surface area contributed by atoms with Gasteiger partial charge in [0, 0.05) is 42.0 Å². The van der Waals surface area contributed by atoms with E-state index in [2.05, 4.69) is 5.32 Å². The highest BCUT2D eigenvalue weighted by molar-refractivity contribution is 7.72. The van der Waals surface area contributed by atoms with E-state index in [1.54, 1.807) is 0 Å². The van der Waals surface area contributed by atoms with Crippen molar-refractivity contribution < 1.29 is 70.6 Å². The number of halogens is 2. The van der Waals surface area contributed by atoms with Gasteiger partial charge in [-0.1, -0.05) is 49.2 Å². The molecule has 2 atom stereocenters. The Balaban J connectivity index is 2.02. The first-order valence-electron chi connectivity index (χ1n) is 15.9. The number of carbonyl (C=O) groups excluding carboxylic acids is 3. The van der Waals surface area contributed by atoms with Gasteiger partial charge in [-0.05, 0) is 38.6 Å². The predicted octanol–water partition coefficient (Wildman–Crippen LogP) is 3.72. The largest absolute Gasteiger partial charge is 0.466 e. The van der Waals surface area contributed by atoms with Crippen LogP contribution in [0.3, 0.4) is 0 Å². The molecule has 1 aliphatic rings. The second-order valence-corrected chi connectivity index (χ2v) is 14.6. The van der Waals surface area contributed by atoms with E-state index in [1.165, 1.54) is 29.2 Å². The summed E-state index contributed by atoms with van der Waals surface area (Å²) >= 11 is 0. The minimum atomic E-state index is -5.73. The number of rotatable bonds is 19. The van der Waals surface area contributed by atoms with Gasteiger partial charge in [-0.3, -0.25) is 18.7 Å². The Kier molecular flexibility index (Phi) is 13.1. The summed E-state index contributed by atoms with van der Waals surface area (Å²) < 4.78 is 85.1. The molecule has 260 valence electrons. The third-order valence-electron chi connectivity index (χ3n) is 7.29. The van der Waals surface area contributed by atoms with Crippen LogP contribution >= 0.6 is 15.2 Å². The van der Waals surface area contributed by atoms with Crippen molar-refractivity contribution in [3.8, 4) is 0 Å². The number of unbranched alkanes of at least 4 members (excludes halogenated alkanes) is 3. The Hall–Kier alpha value is -2.71. The number of esters is 1. The number of ether oxygens (including phenoxy) is 2. The first-order chi connectivity index (χ1) is 22.6. The van der Waals surface area contributed by atoms with Crippen LogP contribution in [0.15, 0.2) is 42.5 Å². The van der Waals surface area contributed by atoms with Gasteiger partial charge in [0.1, 0.15) is 0 Å². The fourth-order valence-electron chi connectivity index (χ4n) is 4.73. The number of alkyl halides is 2. The van der Waals surface area contributed by atoms with E-state index in [0.29, 0.717) is 32.1 Å². The van der Waals surface area contributed by atoms with Gasteiger partial charge in [-0.15, -0.1) is 0 Å². The lowest BCUT2D eigenvalue weighted by Crippen LogP contribution is -2.39. The van der Waals surface area contributed by atoms with E-state index in [-0.39, 0.29) is 25.3 Å². The van der Waals surface area contributed by atoms with Crippen LogP contribution in [0.25, 0.3) is 0 Å². The summed E-state index contributed by atoms with van der Waals surface area (Å²) in [4.78, 5) is 75.2. The molecule has 1 aromatic rings. The molecule has 0 saturated carbocycles. The molecule has 0 unspecified atom stereocenters. The van der Waals surface area contributed by atoms with Gasteiger partial charge in [0.15, 0.2) is 6.10 Å². The number of nitrogens with zero attached hydrogens (tertiary/aromatic N) is 1. The van der Waals surface area contributed by atoms with E-state index in [9.17, 15) is 48.2 Å². The average molecular weight is 705 g/mol. The molecule has 1 heterocycles. The minimum absolute atomic E-state index is 0.0394. The molecule has 18 heteroatoms. The summed E-state index contributed by atoms with van der Waals surface area (Å²) in [6, 6.07) is 5.84. The molecular weight excluding hydrogens is 656 g/mol. The normalized spacial score (nSPS) is 18.2. The molecule has 6 N–H and O–H groups in total. The van der Waals surface area contributed by atoms with Crippen molar-refractivity contribution in [1.29, 1.82) is 0 Å². The summed E-state index contributed by atoms with van der Waals surface area (Å²) in [5, 5.41) is 8.30. The van der Waals surface area contributed by atoms with Gasteiger partial charge in [0.2, 0.25) is 5.91 Å². The van der Waals surface area contributed by atoms with E-state index < -0.39 is 88.8 Å². The number of aliphatic hydroxyl groups is 1. The summed E-state index contributed by atoms with van der Waals surface area (Å²) in [6.45, 7) is -3.32. The summed E-state index contributed by atoms with van der Waals surface area (Å²) in [5.41, 5.74) is -0.493. The molecule has 0 bridgehead atoms. The predicted molar refractivity (Wildman–Crippen MR) is 160 cm³/mol. The van der Waals surface area contributed by atoms with Crippen LogP contribution in [-0.4, -0.2) is 84.5 Å². The van der Waals surface area contributed by atoms with Crippen LogP contribution in [0, 0.1) is 0 Å². The number of hydrogen-bond acceptors (Lipinski definition) is 8. The molecule has 1 fully saturated rings. The summed E-state index contributed by atoms with van der Waals surface area (Å²) in [5.74, 6) is -4.60. The topological polar surface area (TPSA) is 220 Å². The third kappa shape index (κ3) is 11.2. The van der Waals surface area contributed by atoms with Crippen molar-refractivity contribution in [2.45, 2.75) is 87.8 Å². The van der Waals surface area contributed by atoms with Crippen LogP contribution in [0.5, 0.6) is 0 Å². The molecule has 0 spiro atoms. The lowest BCUT2D eigenvalue weighted by atomic mass is 10.0. The standard InChI is InChI=1S/C28H42F2N2O12P2/c1-2-43-25(34)13-8-3-4-9-20-32-22(15-17-24(32)33)14-16-23(28(29,30)21-11-6-5-7-12-21)44-26(35)31-19-10-18-27(36,45(37,38)39)46(40,41)42/h5-7,11-12,14,16,22-23,36H,2-4,8-10,13,15,17-20H2,1H3,(H,31,35)(H2,37,38,39)(H2,40,41,42)/b16-14+/t22-,23+/m0/s1/i1T3. The number of amides is 2. The van der Waals surface area contributed by atoms with Crippen molar-refractivity contribution in [2.24, 2.45) is 0 Å². The van der Waals surface area contributed by atoms with Gasteiger partial charge in [0.25, 0.3) is 5.08 Å². The van der Waals surface area contributed by atoms with Gasteiger partial charge >= 0.3 is 33.2 Å². The maximum absolute atomic E-state index is 15.6. The molecular formula is C28H42F2N2O12P2. The van der Waals surface area contributed by atoms with Crippen LogP contribution in [-0.2, 0) is 34.1 Å². The molecule has 1 aliphatic heterocycles. The van der Waals surface area contributed by atoms with E-state index in [1.807, 2.05) is 0 Å². The fraction of sp³-hybridized carbons (Fsp3) is 0.607. The summed E-state index contributed by atoms with van der Waals surface area (Å²) in [6.07, 6.45) is -0.342. The van der Waals surface area contributed by atoms with Crippen LogP contribution in [0.2, 0.25) is 0 Å². The minimum Gasteiger partial charge on any atom is -0.466 e. The van der Waals surface area contributed by atoms with Crippen LogP contribution < -0.4 is 5.32 Å². The second kappa shape index (κ2) is 17.4. The van der Waals surface area contributed by atoms with Crippen molar-refractivity contribution in [1.82, 2.24) is 10.2 Å². The van der Waals surface area contributed by atoms with Gasteiger partial charge in [-0.25, -0.2) is 4.79 Å². The second-order valence-electron chi connectivity index (χ2n) is 10.6. The van der Waals surface area contributed by atoms with Gasteiger partial charge in [-0.2, -0.15) is 8.78 Å². The van der Waals surface area contributed by atoms with E-state index in [0.717, 1.165) is 18.2 Å². The number of carbonyl (C=O) groups is 3. The highest BCUT2D eigenvalue weighted by atomic mass is 31.2. The number of hydrogen-bond donors (Lipinski definition) is 6. The van der Waals surface area contributed by atoms with Gasteiger partial charge < -0.3 is 44.4 Å². The lowest BCUT2D eigenvalue weighted by molar-refractivity contribution is -0.143. The molecule has 1 aromatic carbocycles. The molecule has 14 nitrogen and oxygen atoms in total. The zero-order chi connectivity index (χ0) is 37.1. The number of nitrogens with one attached hydrogen (secondary N) is 1. The van der Waals surface area contributed by atoms with Crippen molar-refractivity contribution in [3.63, 3.8) is 0 Å². The molecule has 1 saturated heterocycles. The molecule has 2 amide bonds. The van der Waals surface area contributed by atoms with Crippen molar-refractivity contribution in [2.75, 3.05) is 19.7 Å². The molecule has 0 aliphatic carbocycles.